The van der Waals surface area contributed by atoms with E-state index in [1.165, 1.54) is 156 Å². The lowest BCUT2D eigenvalue weighted by atomic mass is 9.97. The van der Waals surface area contributed by atoms with Crippen molar-refractivity contribution >= 4 is 0 Å². The van der Waals surface area contributed by atoms with E-state index in [-0.39, 0.29) is 59.6 Å². The van der Waals surface area contributed by atoms with Crippen molar-refractivity contribution in [3.63, 3.8) is 0 Å². The van der Waals surface area contributed by atoms with Crippen LogP contribution in [0, 0.1) is 249 Å². The molecule has 13 rings (SSSR count). The summed E-state index contributed by atoms with van der Waals surface area (Å²) in [7, 11) is 5.36. The van der Waals surface area contributed by atoms with Gasteiger partial charge in [0.2, 0.25) is 0 Å². The predicted octanol–water partition coefficient (Wildman–Crippen LogP) is 23.9. The molecule has 0 bridgehead atoms. The Kier molecular flexibility index (Phi) is 61.0. The molecule has 0 spiro atoms. The largest absolute Gasteiger partial charge is 0.380 e. The summed E-state index contributed by atoms with van der Waals surface area (Å²) in [5.41, 5.74) is 1.64. The van der Waals surface area contributed by atoms with Crippen LogP contribution >= 0.6 is 0 Å². The van der Waals surface area contributed by atoms with Gasteiger partial charge in [-0.1, -0.05) is 172 Å². The highest BCUT2D eigenvalue weighted by molar-refractivity contribution is 5.19. The number of fused-ring (bicyclic) bond motifs is 2. The van der Waals surface area contributed by atoms with E-state index >= 15 is 0 Å². The molecule has 834 valence electrons. The Hall–Kier alpha value is -5.40. The van der Waals surface area contributed by atoms with E-state index in [0.29, 0.717) is 24.4 Å². The smallest absolute Gasteiger partial charge is 0.0710 e. The van der Waals surface area contributed by atoms with Gasteiger partial charge in [0, 0.05) is 186 Å². The van der Waals surface area contributed by atoms with E-state index in [9.17, 15) is 0 Å². The molecule has 14 nitrogen and oxygen atoms in total. The predicted molar refractivity (Wildman–Crippen MR) is 637 cm³/mol. The Morgan fingerprint density at radius 1 is 0.197 bits per heavy atom. The second kappa shape index (κ2) is 66.1. The first-order valence-corrected chi connectivity index (χ1v) is 58.0. The maximum absolute atomic E-state index is 5.30. The number of nitrogens with zero attached hydrogens (tertiary/aromatic N) is 11. The number of methoxy groups -OCH3 is 3. The molecule has 0 radical (unpaired) electrons. The second-order valence-electron chi connectivity index (χ2n) is 57.3. The molecule has 11 saturated heterocycles. The van der Waals surface area contributed by atoms with Crippen molar-refractivity contribution in [2.24, 2.45) is 119 Å². The van der Waals surface area contributed by atoms with Crippen LogP contribution in [0.3, 0.4) is 0 Å². The van der Waals surface area contributed by atoms with E-state index in [1.807, 2.05) is 0 Å². The first-order valence-electron chi connectivity index (χ1n) is 58.0. The summed E-state index contributed by atoms with van der Waals surface area (Å²) in [5.74, 6) is 81.3. The lowest BCUT2D eigenvalue weighted by Gasteiger charge is -2.21. The van der Waals surface area contributed by atoms with E-state index in [4.69, 9.17) is 14.2 Å². The lowest BCUT2D eigenvalue weighted by molar-refractivity contribution is 0.109. The fourth-order valence-electron chi connectivity index (χ4n) is 18.4. The molecule has 11 aliphatic heterocycles. The molecule has 14 atom stereocenters. The van der Waals surface area contributed by atoms with Gasteiger partial charge in [0.05, 0.1) is 89.8 Å². The quantitative estimate of drug-likeness (QED) is 0.155. The van der Waals surface area contributed by atoms with Crippen molar-refractivity contribution in [3.8, 4) is 130 Å². The van der Waals surface area contributed by atoms with Gasteiger partial charge in [-0.25, -0.2) is 0 Å². The van der Waals surface area contributed by atoms with E-state index < -0.39 is 0 Å². The first kappa shape index (κ1) is 136. The number of likely N-dealkylation sites (tertiary alicyclic amines) is 11. The maximum atomic E-state index is 5.30. The molecule has 2 saturated carbocycles. The van der Waals surface area contributed by atoms with Gasteiger partial charge >= 0.3 is 0 Å². The molecule has 0 aromatic carbocycles. The summed E-state index contributed by atoms with van der Waals surface area (Å²) >= 11 is 0. The van der Waals surface area contributed by atoms with Crippen LogP contribution in [0.1, 0.15) is 348 Å². The van der Waals surface area contributed by atoms with Gasteiger partial charge in [-0.3, -0.25) is 53.9 Å². The van der Waals surface area contributed by atoms with Gasteiger partial charge in [0.15, 0.2) is 0 Å². The fourth-order valence-corrected chi connectivity index (χ4v) is 18.4. The van der Waals surface area contributed by atoms with Crippen LogP contribution in [0.4, 0.5) is 0 Å². The van der Waals surface area contributed by atoms with Crippen LogP contribution < -0.4 is 0 Å². The molecule has 2 aliphatic carbocycles. The fraction of sp³-hybridized carbons (Fsp3) is 0.835. The van der Waals surface area contributed by atoms with E-state index in [1.54, 1.807) is 21.3 Å². The standard InChI is InChI=1S/C13H21N.3C12H21NO.C12H19N.6C12H21N/c1-10(5-6-13(2,3)4)14-8-11-7-12(11)9-14;3*1-12(2,3)7-5-8-13-9-6-11(10-13)14-4;1-12(2,3)5-4-6-13-8-10-7-11(10)9-13;6*1-11-6-9-13(10-11)8-5-7-12(2,3)4/h10-12H,7-9H2,1-4H3;3*11H,6,8-10H2,1-4H3;10-11H,6-9H2,1-3H3;6*11H,6,8-10H2,1-4H3/t;2*11-;;;4*11-;;/m.10..1100../s1. The second-order valence-corrected chi connectivity index (χ2v) is 57.3. The molecule has 0 N–H and O–H groups in total. The third kappa shape index (κ3) is 75.1. The highest BCUT2D eigenvalue weighted by Gasteiger charge is 2.46. The minimum absolute atomic E-state index is 0.125. The summed E-state index contributed by atoms with van der Waals surface area (Å²) in [5, 5.41) is 0. The molecule has 13 aliphatic rings. The zero-order valence-electron chi connectivity index (χ0n) is 104. The molecule has 13 fully saturated rings. The molecule has 0 aromatic heterocycles. The average molecular weight is 2030 g/mol. The minimum Gasteiger partial charge on any atom is -0.380 e. The monoisotopic (exact) mass is 2030 g/mol. The zero-order chi connectivity index (χ0) is 111. The Morgan fingerprint density at radius 3 is 0.490 bits per heavy atom. The molecule has 0 amide bonds. The molecule has 14 heteroatoms. The zero-order valence-corrected chi connectivity index (χ0v) is 104. The van der Waals surface area contributed by atoms with Gasteiger partial charge in [0.1, 0.15) is 0 Å². The summed E-state index contributed by atoms with van der Waals surface area (Å²) in [6, 6.07) is 0.460. The van der Waals surface area contributed by atoms with Crippen LogP contribution in [-0.4, -0.2) is 309 Å². The molecular weight excluding hydrogens is 1800 g/mol. The van der Waals surface area contributed by atoms with Crippen LogP contribution in [0.25, 0.3) is 0 Å². The number of ether oxygens (including phenoxy) is 3. The lowest BCUT2D eigenvalue weighted by Crippen LogP contribution is -2.31. The van der Waals surface area contributed by atoms with Gasteiger partial charge in [-0.15, -0.1) is 0 Å². The molecule has 8 unspecified atom stereocenters. The molecule has 11 heterocycles. The summed E-state index contributed by atoms with van der Waals surface area (Å²) in [4.78, 5) is 26.8. The third-order valence-corrected chi connectivity index (χ3v) is 26.7. The van der Waals surface area contributed by atoms with Gasteiger partial charge < -0.3 is 14.2 Å². The normalized spacial score (nSPS) is 25.5. The van der Waals surface area contributed by atoms with Crippen LogP contribution in [0.15, 0.2) is 0 Å². The SMILES string of the molecule is CC(C#CC(C)(C)C)N1CC2CC2C1.CC(C)(C)C#CCN1CC2CC2C1.CC1CCN(CC#CC(C)(C)C)C1.CC1CCN(CC#CC(C)(C)C)C1.COC1CCN(CC#CC(C)(C)C)C1.CO[C@@H]1CCN(CC#CC(C)(C)C)C1.CO[C@H]1CCN(CC#CC(C)(C)C)C1.C[C@@H]1CCN(CC#CC(C)(C)C)C1.C[C@@H]1CCN(CC#CC(C)(C)C)C1.C[C@H]1CCN(CC#CC(C)(C)C)C1.C[C@H]1CCN(CC#CC(C)(C)C)C1. The highest BCUT2D eigenvalue weighted by Crippen LogP contribution is 2.46. The van der Waals surface area contributed by atoms with E-state index in [2.05, 4.69) is 461 Å². The Balaban J connectivity index is 0.000000415. The van der Waals surface area contributed by atoms with E-state index in [0.717, 1.165) is 183 Å². The van der Waals surface area contributed by atoms with Crippen LogP contribution in [0.5, 0.6) is 0 Å². The number of piperidine rings is 2. The molecule has 147 heavy (non-hydrogen) atoms. The molecular formula is C133H229N11O3. The maximum Gasteiger partial charge on any atom is 0.0710 e. The topological polar surface area (TPSA) is 63.3 Å². The van der Waals surface area contributed by atoms with Crippen molar-refractivity contribution in [2.75, 3.05) is 231 Å². The summed E-state index contributed by atoms with van der Waals surface area (Å²) < 4.78 is 15.9. The average Bonchev–Trinajstić information content (AvgIpc) is 1.63. The third-order valence-electron chi connectivity index (χ3n) is 26.7. The van der Waals surface area contributed by atoms with Crippen LogP contribution in [0.2, 0.25) is 0 Å². The Morgan fingerprint density at radius 2 is 0.347 bits per heavy atom. The molecule has 0 aromatic rings. The van der Waals surface area contributed by atoms with Gasteiger partial charge in [-0.2, -0.15) is 0 Å². The van der Waals surface area contributed by atoms with Crippen molar-refractivity contribution in [1.29, 1.82) is 0 Å². The minimum atomic E-state index is 0.125. The number of rotatable bonds is 14. The van der Waals surface area contributed by atoms with Crippen molar-refractivity contribution in [2.45, 2.75) is 372 Å². The Bertz CT molecular complexity index is 3870. The summed E-state index contributed by atoms with van der Waals surface area (Å²) in [6.45, 7) is 123. The first-order chi connectivity index (χ1) is 67.9. The van der Waals surface area contributed by atoms with Crippen molar-refractivity contribution < 1.29 is 14.2 Å². The summed E-state index contributed by atoms with van der Waals surface area (Å²) in [6.07, 6.45) is 15.7. The van der Waals surface area contributed by atoms with Gasteiger partial charge in [-0.05, 0) is 404 Å². The van der Waals surface area contributed by atoms with Crippen LogP contribution in [-0.2, 0) is 14.2 Å². The highest BCUT2D eigenvalue weighted by atomic mass is 16.5. The van der Waals surface area contributed by atoms with Crippen molar-refractivity contribution in [1.82, 2.24) is 53.9 Å². The number of hydrogen-bond donors (Lipinski definition) is 0. The van der Waals surface area contributed by atoms with Gasteiger partial charge in [0.25, 0.3) is 0 Å². The number of hydrogen-bond acceptors (Lipinski definition) is 14. The van der Waals surface area contributed by atoms with Crippen molar-refractivity contribution in [3.05, 3.63) is 0 Å². The Labute approximate surface area is 914 Å².